The predicted molar refractivity (Wildman–Crippen MR) is 94.5 cm³/mol. The van der Waals surface area contributed by atoms with E-state index in [1.54, 1.807) is 25.1 Å². The zero-order chi connectivity index (χ0) is 16.7. The van der Waals surface area contributed by atoms with Crippen LogP contribution in [0.4, 0.5) is 5.69 Å². The molecule has 0 spiro atoms. The van der Waals surface area contributed by atoms with Gasteiger partial charge in [-0.25, -0.2) is 0 Å². The van der Waals surface area contributed by atoms with Gasteiger partial charge in [0.2, 0.25) is 0 Å². The molecule has 0 aliphatic carbocycles. The molecule has 0 heterocycles. The summed E-state index contributed by atoms with van der Waals surface area (Å²) in [6.45, 7) is 0.537. The standard InChI is InChI=1S/C18H22N4O/c1-22(2)18(20)12-17(19)21-15-8-10-16(11-9-15)23-13-14-6-4-3-5-7-14/h3-12,20-21H,13,19H2,1-2H3/b17-12+,20-18?. The Balaban J connectivity index is 1.90. The maximum atomic E-state index is 7.72. The van der Waals surface area contributed by atoms with Crippen molar-refractivity contribution in [2.45, 2.75) is 6.61 Å². The number of rotatable bonds is 6. The molecule has 0 atom stereocenters. The van der Waals surface area contributed by atoms with Crippen LogP contribution < -0.4 is 15.8 Å². The Labute approximate surface area is 136 Å². The molecule has 0 radical (unpaired) electrons. The average molecular weight is 310 g/mol. The van der Waals surface area contributed by atoms with Crippen molar-refractivity contribution in [2.75, 3.05) is 19.4 Å². The van der Waals surface area contributed by atoms with E-state index in [-0.39, 0.29) is 0 Å². The van der Waals surface area contributed by atoms with Gasteiger partial charge in [0.05, 0.1) is 0 Å². The maximum Gasteiger partial charge on any atom is 0.123 e. The molecule has 2 aromatic carbocycles. The topological polar surface area (TPSA) is 74.4 Å². The lowest BCUT2D eigenvalue weighted by molar-refractivity contribution is 0.306. The van der Waals surface area contributed by atoms with Crippen molar-refractivity contribution in [1.29, 1.82) is 5.41 Å². The van der Waals surface area contributed by atoms with Gasteiger partial charge in [0.1, 0.15) is 24.0 Å². The lowest BCUT2D eigenvalue weighted by atomic mass is 10.2. The molecule has 0 aromatic heterocycles. The van der Waals surface area contributed by atoms with Gasteiger partial charge in [0, 0.05) is 25.9 Å². The molecule has 0 aliphatic rings. The van der Waals surface area contributed by atoms with Crippen molar-refractivity contribution < 1.29 is 4.74 Å². The molecule has 2 aromatic rings. The lowest BCUT2D eigenvalue weighted by Gasteiger charge is -2.12. The first-order chi connectivity index (χ1) is 11.0. The fourth-order valence-electron chi connectivity index (χ4n) is 1.85. The van der Waals surface area contributed by atoms with Crippen molar-refractivity contribution in [3.05, 3.63) is 72.1 Å². The zero-order valence-electron chi connectivity index (χ0n) is 13.4. The van der Waals surface area contributed by atoms with Gasteiger partial charge < -0.3 is 20.7 Å². The minimum Gasteiger partial charge on any atom is -0.489 e. The van der Waals surface area contributed by atoms with E-state index in [2.05, 4.69) is 5.32 Å². The summed E-state index contributed by atoms with van der Waals surface area (Å²) in [6.07, 6.45) is 1.57. The van der Waals surface area contributed by atoms with Crippen LogP contribution in [0.25, 0.3) is 0 Å². The Hall–Kier alpha value is -2.95. The van der Waals surface area contributed by atoms with Crippen LogP contribution in [-0.2, 0) is 6.61 Å². The average Bonchev–Trinajstić information content (AvgIpc) is 2.55. The highest BCUT2D eigenvalue weighted by atomic mass is 16.5. The third kappa shape index (κ3) is 5.39. The van der Waals surface area contributed by atoms with Crippen LogP contribution in [0.5, 0.6) is 5.75 Å². The number of nitrogens with zero attached hydrogens (tertiary/aromatic N) is 1. The van der Waals surface area contributed by atoms with Crippen LogP contribution in [0, 0.1) is 5.41 Å². The summed E-state index contributed by atoms with van der Waals surface area (Å²) in [5.74, 6) is 1.54. The quantitative estimate of drug-likeness (QED) is 0.566. The van der Waals surface area contributed by atoms with Gasteiger partial charge in [0.25, 0.3) is 0 Å². The van der Waals surface area contributed by atoms with E-state index in [9.17, 15) is 0 Å². The van der Waals surface area contributed by atoms with Gasteiger partial charge in [-0.1, -0.05) is 30.3 Å². The number of nitrogens with one attached hydrogen (secondary N) is 2. The van der Waals surface area contributed by atoms with E-state index < -0.39 is 0 Å². The van der Waals surface area contributed by atoms with Gasteiger partial charge in [-0.2, -0.15) is 0 Å². The highest BCUT2D eigenvalue weighted by molar-refractivity contribution is 5.90. The SMILES string of the molecule is CN(C)C(=N)/C=C(\N)Nc1ccc(OCc2ccccc2)cc1. The fraction of sp³-hybridized carbons (Fsp3) is 0.167. The molecular formula is C18H22N4O. The van der Waals surface area contributed by atoms with Crippen molar-refractivity contribution >= 4 is 11.5 Å². The van der Waals surface area contributed by atoms with Crippen LogP contribution in [0.1, 0.15) is 5.56 Å². The van der Waals surface area contributed by atoms with Crippen molar-refractivity contribution in [1.82, 2.24) is 4.90 Å². The first kappa shape index (κ1) is 16.4. The summed E-state index contributed by atoms with van der Waals surface area (Å²) in [5.41, 5.74) is 7.84. The Morgan fingerprint density at radius 3 is 2.39 bits per heavy atom. The van der Waals surface area contributed by atoms with Crippen LogP contribution in [0.3, 0.4) is 0 Å². The summed E-state index contributed by atoms with van der Waals surface area (Å²) in [6, 6.07) is 17.6. The van der Waals surface area contributed by atoms with Gasteiger partial charge in [-0.15, -0.1) is 0 Å². The number of benzene rings is 2. The number of hydrogen-bond acceptors (Lipinski definition) is 4. The summed E-state index contributed by atoms with van der Waals surface area (Å²) in [4.78, 5) is 1.68. The Morgan fingerprint density at radius 1 is 1.13 bits per heavy atom. The van der Waals surface area contributed by atoms with Crippen LogP contribution in [-0.4, -0.2) is 24.8 Å². The second-order valence-electron chi connectivity index (χ2n) is 5.30. The molecule has 0 aliphatic heterocycles. The van der Waals surface area contributed by atoms with Crippen molar-refractivity contribution in [3.63, 3.8) is 0 Å². The molecule has 4 N–H and O–H groups in total. The fourth-order valence-corrected chi connectivity index (χ4v) is 1.85. The monoisotopic (exact) mass is 310 g/mol. The van der Waals surface area contributed by atoms with Gasteiger partial charge in [-0.05, 0) is 29.8 Å². The molecule has 0 amide bonds. The maximum absolute atomic E-state index is 7.72. The minimum absolute atomic E-state index is 0.331. The molecule has 0 unspecified atom stereocenters. The summed E-state index contributed by atoms with van der Waals surface area (Å²) in [5, 5.41) is 10.8. The van der Waals surface area contributed by atoms with Gasteiger partial charge in [0.15, 0.2) is 0 Å². The summed E-state index contributed by atoms with van der Waals surface area (Å²) < 4.78 is 5.73. The normalized spacial score (nSPS) is 11.0. The van der Waals surface area contributed by atoms with Crippen molar-refractivity contribution in [2.24, 2.45) is 5.73 Å². The van der Waals surface area contributed by atoms with Crippen LogP contribution in [0.2, 0.25) is 0 Å². The molecule has 23 heavy (non-hydrogen) atoms. The third-order valence-corrected chi connectivity index (χ3v) is 3.17. The van der Waals surface area contributed by atoms with Gasteiger partial charge >= 0.3 is 0 Å². The van der Waals surface area contributed by atoms with Gasteiger partial charge in [-0.3, -0.25) is 5.41 Å². The minimum atomic E-state index is 0.331. The third-order valence-electron chi connectivity index (χ3n) is 3.17. The Bertz CT molecular complexity index is 663. The number of likely N-dealkylation sites (N-methyl/N-ethyl adjacent to an activating group) is 1. The highest BCUT2D eigenvalue weighted by Gasteiger charge is 2.00. The highest BCUT2D eigenvalue weighted by Crippen LogP contribution is 2.17. The summed E-state index contributed by atoms with van der Waals surface area (Å²) >= 11 is 0. The molecule has 0 saturated heterocycles. The molecule has 2 rings (SSSR count). The summed E-state index contributed by atoms with van der Waals surface area (Å²) in [7, 11) is 3.59. The predicted octanol–water partition coefficient (Wildman–Crippen LogP) is 3.02. The van der Waals surface area contributed by atoms with E-state index in [1.165, 1.54) is 0 Å². The Kier molecular flexibility index (Phi) is 5.63. The van der Waals surface area contributed by atoms with E-state index in [0.717, 1.165) is 17.0 Å². The molecule has 0 saturated carbocycles. The second-order valence-corrected chi connectivity index (χ2v) is 5.30. The first-order valence-corrected chi connectivity index (χ1v) is 7.31. The van der Waals surface area contributed by atoms with Crippen LogP contribution >= 0.6 is 0 Å². The van der Waals surface area contributed by atoms with Crippen molar-refractivity contribution in [3.8, 4) is 5.75 Å². The molecule has 5 heteroatoms. The number of anilines is 1. The molecule has 0 bridgehead atoms. The second kappa shape index (κ2) is 7.89. The largest absolute Gasteiger partial charge is 0.489 e. The number of hydrogen-bond donors (Lipinski definition) is 3. The first-order valence-electron chi connectivity index (χ1n) is 7.31. The lowest BCUT2D eigenvalue weighted by Crippen LogP contribution is -2.21. The molecule has 0 fully saturated rings. The molecular weight excluding hydrogens is 288 g/mol. The molecule has 120 valence electrons. The van der Waals surface area contributed by atoms with Crippen LogP contribution in [0.15, 0.2) is 66.5 Å². The number of ether oxygens (including phenoxy) is 1. The zero-order valence-corrected chi connectivity index (χ0v) is 13.4. The number of amidine groups is 1. The van der Waals surface area contributed by atoms with E-state index in [0.29, 0.717) is 18.3 Å². The molecule has 5 nitrogen and oxygen atoms in total. The van der Waals surface area contributed by atoms with E-state index >= 15 is 0 Å². The Morgan fingerprint density at radius 2 is 1.78 bits per heavy atom. The smallest absolute Gasteiger partial charge is 0.123 e. The van der Waals surface area contributed by atoms with E-state index in [4.69, 9.17) is 15.9 Å². The number of nitrogens with two attached hydrogens (primary N) is 1. The van der Waals surface area contributed by atoms with E-state index in [1.807, 2.05) is 54.6 Å².